The second kappa shape index (κ2) is 10.5. The van der Waals surface area contributed by atoms with E-state index in [-0.39, 0.29) is 11.8 Å². The van der Waals surface area contributed by atoms with Gasteiger partial charge in [-0.3, -0.25) is 9.59 Å². The lowest BCUT2D eigenvalue weighted by Crippen LogP contribution is -2.22. The lowest BCUT2D eigenvalue weighted by molar-refractivity contribution is -0.144. The Hall–Kier alpha value is -3.81. The Balaban J connectivity index is 1.68. The Morgan fingerprint density at radius 3 is 2.41 bits per heavy atom. The summed E-state index contributed by atoms with van der Waals surface area (Å²) in [6.45, 7) is 1.88. The van der Waals surface area contributed by atoms with Crippen LogP contribution in [0.5, 0.6) is 11.5 Å². The van der Waals surface area contributed by atoms with Crippen LogP contribution in [-0.4, -0.2) is 34.9 Å². The summed E-state index contributed by atoms with van der Waals surface area (Å²) in [5.41, 5.74) is 1.21. The van der Waals surface area contributed by atoms with Crippen molar-refractivity contribution in [1.82, 2.24) is 0 Å². The second-order valence-corrected chi connectivity index (χ2v) is 7.31. The van der Waals surface area contributed by atoms with Crippen molar-refractivity contribution in [2.75, 3.05) is 6.61 Å². The molecule has 0 aliphatic carbocycles. The molecule has 1 atom stereocenters. The maximum Gasteiger partial charge on any atom is 0.344 e. The molecule has 32 heavy (non-hydrogen) atoms. The molecule has 0 saturated heterocycles. The molecule has 0 aliphatic heterocycles. The van der Waals surface area contributed by atoms with E-state index in [1.807, 2.05) is 0 Å². The standard InChI is InChI=1S/C24H24O8/c1-15(24(28)29)32-17-8-6-16(7-9-17)20-14-31-21-13-18(10-11-19(21)23(20)27)30-12-4-2-3-5-22(25)26/h6-11,13-15H,2-5,12H2,1H3,(H,25,26)(H,28,29). The van der Waals surface area contributed by atoms with Crippen molar-refractivity contribution in [1.29, 1.82) is 0 Å². The van der Waals surface area contributed by atoms with Crippen molar-refractivity contribution in [2.24, 2.45) is 0 Å². The fourth-order valence-corrected chi connectivity index (χ4v) is 3.11. The largest absolute Gasteiger partial charge is 0.493 e. The Morgan fingerprint density at radius 1 is 1.00 bits per heavy atom. The molecular formula is C24H24O8. The molecule has 2 aromatic carbocycles. The third-order valence-electron chi connectivity index (χ3n) is 4.88. The van der Waals surface area contributed by atoms with Crippen molar-refractivity contribution in [3.8, 4) is 22.6 Å². The summed E-state index contributed by atoms with van der Waals surface area (Å²) in [6, 6.07) is 11.5. The van der Waals surface area contributed by atoms with Crippen molar-refractivity contribution >= 4 is 22.9 Å². The van der Waals surface area contributed by atoms with E-state index in [0.717, 1.165) is 12.8 Å². The Kier molecular flexibility index (Phi) is 7.49. The topological polar surface area (TPSA) is 123 Å². The highest BCUT2D eigenvalue weighted by molar-refractivity contribution is 5.82. The van der Waals surface area contributed by atoms with Gasteiger partial charge in [-0.05, 0) is 56.0 Å². The molecule has 1 heterocycles. The monoisotopic (exact) mass is 440 g/mol. The van der Waals surface area contributed by atoms with Crippen molar-refractivity contribution < 1.29 is 33.7 Å². The zero-order chi connectivity index (χ0) is 23.1. The highest BCUT2D eigenvalue weighted by Gasteiger charge is 2.14. The van der Waals surface area contributed by atoms with Gasteiger partial charge in [0.2, 0.25) is 0 Å². The molecule has 1 aromatic heterocycles. The third-order valence-corrected chi connectivity index (χ3v) is 4.88. The summed E-state index contributed by atoms with van der Waals surface area (Å²) in [5, 5.41) is 18.0. The number of hydrogen-bond donors (Lipinski definition) is 2. The first-order valence-electron chi connectivity index (χ1n) is 10.2. The highest BCUT2D eigenvalue weighted by atomic mass is 16.5. The normalized spacial score (nSPS) is 11.8. The second-order valence-electron chi connectivity index (χ2n) is 7.31. The van der Waals surface area contributed by atoms with Crippen molar-refractivity contribution in [3.05, 3.63) is 59.0 Å². The van der Waals surface area contributed by atoms with Crippen LogP contribution in [0.1, 0.15) is 32.6 Å². The summed E-state index contributed by atoms with van der Waals surface area (Å²) in [7, 11) is 0. The molecule has 2 N–H and O–H groups in total. The van der Waals surface area contributed by atoms with E-state index >= 15 is 0 Å². The van der Waals surface area contributed by atoms with Crippen molar-refractivity contribution in [3.63, 3.8) is 0 Å². The van der Waals surface area contributed by atoms with E-state index in [1.165, 1.54) is 13.2 Å². The molecule has 0 spiro atoms. The molecule has 0 saturated carbocycles. The Labute approximate surface area is 184 Å². The first kappa shape index (κ1) is 22.9. The van der Waals surface area contributed by atoms with Crippen LogP contribution in [0.2, 0.25) is 0 Å². The van der Waals surface area contributed by atoms with E-state index < -0.39 is 18.0 Å². The van der Waals surface area contributed by atoms with E-state index in [2.05, 4.69) is 0 Å². The summed E-state index contributed by atoms with van der Waals surface area (Å²) < 4.78 is 16.6. The lowest BCUT2D eigenvalue weighted by atomic mass is 10.1. The van der Waals surface area contributed by atoms with Crippen LogP contribution in [0.4, 0.5) is 0 Å². The number of carboxylic acid groups (broad SMARTS) is 2. The molecular weight excluding hydrogens is 416 g/mol. The molecule has 0 aliphatic rings. The van der Waals surface area contributed by atoms with Gasteiger partial charge in [0.15, 0.2) is 11.5 Å². The average molecular weight is 440 g/mol. The minimum Gasteiger partial charge on any atom is -0.493 e. The number of hydrogen-bond acceptors (Lipinski definition) is 6. The van der Waals surface area contributed by atoms with Gasteiger partial charge < -0.3 is 24.1 Å². The van der Waals surface area contributed by atoms with E-state index in [1.54, 1.807) is 42.5 Å². The van der Waals surface area contributed by atoms with Gasteiger partial charge in [-0.1, -0.05) is 12.1 Å². The van der Waals surface area contributed by atoms with Crippen LogP contribution in [-0.2, 0) is 9.59 Å². The predicted octanol–water partition coefficient (Wildman–Crippen LogP) is 4.34. The Bertz CT molecular complexity index is 1150. The van der Waals surface area contributed by atoms with E-state index in [9.17, 15) is 14.4 Å². The number of carboxylic acids is 2. The SMILES string of the molecule is CC(Oc1ccc(-c2coc3cc(OCCCCCC(=O)O)ccc3c2=O)cc1)C(=O)O. The number of unbranched alkanes of at least 4 members (excludes halogenated alkanes) is 2. The molecule has 0 fully saturated rings. The molecule has 3 rings (SSSR count). The minimum absolute atomic E-state index is 0.153. The smallest absolute Gasteiger partial charge is 0.344 e. The number of benzene rings is 2. The van der Waals surface area contributed by atoms with Gasteiger partial charge in [-0.15, -0.1) is 0 Å². The maximum atomic E-state index is 12.9. The van der Waals surface area contributed by atoms with Gasteiger partial charge in [0.25, 0.3) is 0 Å². The number of carbonyl (C=O) groups is 2. The van der Waals surface area contributed by atoms with Crippen LogP contribution < -0.4 is 14.9 Å². The zero-order valence-electron chi connectivity index (χ0n) is 17.6. The molecule has 8 heteroatoms. The number of rotatable bonds is 11. The predicted molar refractivity (Wildman–Crippen MR) is 117 cm³/mol. The molecule has 3 aromatic rings. The van der Waals surface area contributed by atoms with E-state index in [4.69, 9.17) is 24.1 Å². The van der Waals surface area contributed by atoms with Crippen LogP contribution in [0.25, 0.3) is 22.1 Å². The molecule has 0 radical (unpaired) electrons. The summed E-state index contributed by atoms with van der Waals surface area (Å²) in [6.07, 6.45) is 2.67. The molecule has 0 amide bonds. The first-order chi connectivity index (χ1) is 15.3. The van der Waals surface area contributed by atoms with Gasteiger partial charge >= 0.3 is 11.9 Å². The van der Waals surface area contributed by atoms with Crippen molar-refractivity contribution in [2.45, 2.75) is 38.7 Å². The minimum atomic E-state index is -1.06. The fraction of sp³-hybridized carbons (Fsp3) is 0.292. The quantitative estimate of drug-likeness (QED) is 0.422. The summed E-state index contributed by atoms with van der Waals surface area (Å²) in [4.78, 5) is 34.3. The number of ether oxygens (including phenoxy) is 2. The van der Waals surface area contributed by atoms with Gasteiger partial charge in [-0.25, -0.2) is 4.79 Å². The summed E-state index contributed by atoms with van der Waals surface area (Å²) in [5.74, 6) is -0.906. The van der Waals surface area contributed by atoms with Gasteiger partial charge in [-0.2, -0.15) is 0 Å². The lowest BCUT2D eigenvalue weighted by Gasteiger charge is -2.11. The maximum absolute atomic E-state index is 12.9. The van der Waals surface area contributed by atoms with Crippen LogP contribution >= 0.6 is 0 Å². The molecule has 8 nitrogen and oxygen atoms in total. The van der Waals surface area contributed by atoms with Crippen LogP contribution in [0.3, 0.4) is 0 Å². The number of fused-ring (bicyclic) bond motifs is 1. The van der Waals surface area contributed by atoms with Gasteiger partial charge in [0.05, 0.1) is 17.6 Å². The Morgan fingerprint density at radius 2 is 1.72 bits per heavy atom. The van der Waals surface area contributed by atoms with Gasteiger partial charge in [0, 0.05) is 12.5 Å². The van der Waals surface area contributed by atoms with Crippen LogP contribution in [0, 0.1) is 0 Å². The van der Waals surface area contributed by atoms with Gasteiger partial charge in [0.1, 0.15) is 23.3 Å². The van der Waals surface area contributed by atoms with Crippen LogP contribution in [0.15, 0.2) is 57.9 Å². The molecule has 168 valence electrons. The summed E-state index contributed by atoms with van der Waals surface area (Å²) >= 11 is 0. The third kappa shape index (κ3) is 5.87. The number of aliphatic carboxylic acids is 2. The van der Waals surface area contributed by atoms with E-state index in [0.29, 0.717) is 46.6 Å². The average Bonchev–Trinajstić information content (AvgIpc) is 2.77. The highest BCUT2D eigenvalue weighted by Crippen LogP contribution is 2.25. The molecule has 0 bridgehead atoms. The zero-order valence-corrected chi connectivity index (χ0v) is 17.6. The fourth-order valence-electron chi connectivity index (χ4n) is 3.11. The molecule has 1 unspecified atom stereocenters. The first-order valence-corrected chi connectivity index (χ1v) is 10.2.